The molecule has 14 heteroatoms. The van der Waals surface area contributed by atoms with Crippen LogP contribution in [0.4, 0.5) is 4.39 Å². The standard InChI is InChI=1S/C30H35FN6O5S2/c1-15(2)35-28-23(27(40)34(4)29(35)41)22(16(3)44-28)25(38)33-18-5-7-19(8-6-18)37-26(39)21-13-17(31)14-32-24(21)36(30(37)42)20-9-11-43-12-10-20/h13-15,18-20H,5-12H2,1-4H3,(H,33,38)/t18-,19+. The maximum atomic E-state index is 14.2. The Bertz CT molecular complexity index is 2030. The average Bonchev–Trinajstić information content (AvgIpc) is 3.34. The summed E-state index contributed by atoms with van der Waals surface area (Å²) in [5.41, 5.74) is -1.39. The zero-order chi connectivity index (χ0) is 31.4. The maximum Gasteiger partial charge on any atom is 0.333 e. The molecule has 234 valence electrons. The van der Waals surface area contributed by atoms with E-state index in [-0.39, 0.29) is 46.0 Å². The largest absolute Gasteiger partial charge is 0.349 e. The third kappa shape index (κ3) is 5.05. The summed E-state index contributed by atoms with van der Waals surface area (Å²) < 4.78 is 19.7. The fourth-order valence-corrected chi connectivity index (χ4v) is 9.01. The van der Waals surface area contributed by atoms with Gasteiger partial charge in [-0.1, -0.05) is 0 Å². The summed E-state index contributed by atoms with van der Waals surface area (Å²) in [4.78, 5) is 72.3. The molecule has 0 spiro atoms. The third-order valence-electron chi connectivity index (χ3n) is 8.92. The van der Waals surface area contributed by atoms with Crippen LogP contribution in [0.15, 0.2) is 31.4 Å². The molecule has 1 saturated carbocycles. The second-order valence-electron chi connectivity index (χ2n) is 12.0. The zero-order valence-electron chi connectivity index (χ0n) is 25.1. The molecule has 1 aliphatic heterocycles. The van der Waals surface area contributed by atoms with Crippen LogP contribution >= 0.6 is 23.1 Å². The monoisotopic (exact) mass is 642 g/mol. The number of amides is 1. The Balaban J connectivity index is 1.28. The highest BCUT2D eigenvalue weighted by molar-refractivity contribution is 7.99. The summed E-state index contributed by atoms with van der Waals surface area (Å²) in [5.74, 6) is 0.771. The number of thioether (sulfide) groups is 1. The number of nitrogens with zero attached hydrogens (tertiary/aromatic N) is 5. The molecule has 0 unspecified atom stereocenters. The molecule has 0 atom stereocenters. The van der Waals surface area contributed by atoms with E-state index in [1.54, 1.807) is 11.5 Å². The van der Waals surface area contributed by atoms with Gasteiger partial charge in [0.15, 0.2) is 0 Å². The second-order valence-corrected chi connectivity index (χ2v) is 14.4. The summed E-state index contributed by atoms with van der Waals surface area (Å²) in [7, 11) is 1.42. The van der Waals surface area contributed by atoms with E-state index in [0.717, 1.165) is 41.2 Å². The Morgan fingerprint density at radius 3 is 2.30 bits per heavy atom. The summed E-state index contributed by atoms with van der Waals surface area (Å²) in [6, 6.07) is 0.206. The molecule has 1 aliphatic carbocycles. The molecule has 11 nitrogen and oxygen atoms in total. The highest BCUT2D eigenvalue weighted by Gasteiger charge is 2.31. The first-order valence-corrected chi connectivity index (χ1v) is 16.9. The number of aromatic nitrogens is 5. The van der Waals surface area contributed by atoms with E-state index in [1.807, 2.05) is 25.6 Å². The van der Waals surface area contributed by atoms with Crippen LogP contribution < -0.4 is 27.8 Å². The van der Waals surface area contributed by atoms with Crippen molar-refractivity contribution in [2.75, 3.05) is 11.5 Å². The minimum absolute atomic E-state index is 0.0968. The first-order chi connectivity index (χ1) is 21.0. The first kappa shape index (κ1) is 30.5. The van der Waals surface area contributed by atoms with E-state index < -0.39 is 34.4 Å². The van der Waals surface area contributed by atoms with Crippen molar-refractivity contribution in [2.45, 2.75) is 83.5 Å². The SMILES string of the molecule is Cc1sc2c(c1C(=O)N[C@H]1CC[C@@H](n3c(=O)c4cc(F)cnc4n(C4CCSCC4)c3=O)CC1)c(=O)n(C)c(=O)n2C(C)C. The summed E-state index contributed by atoms with van der Waals surface area (Å²) in [5, 5.41) is 3.40. The average molecular weight is 643 g/mol. The normalized spacial score (nSPS) is 19.7. The van der Waals surface area contributed by atoms with Crippen LogP contribution in [0.2, 0.25) is 0 Å². The number of fused-ring (bicyclic) bond motifs is 2. The number of nitrogens with one attached hydrogen (secondary N) is 1. The number of hydrogen-bond donors (Lipinski definition) is 1. The summed E-state index contributed by atoms with van der Waals surface area (Å²) in [6.07, 6.45) is 4.53. The molecule has 44 heavy (non-hydrogen) atoms. The number of carbonyl (C=O) groups is 1. The first-order valence-electron chi connectivity index (χ1n) is 14.9. The molecule has 0 aromatic carbocycles. The van der Waals surface area contributed by atoms with Gasteiger partial charge in [0.2, 0.25) is 0 Å². The van der Waals surface area contributed by atoms with Crippen LogP contribution in [0, 0.1) is 12.7 Å². The molecule has 5 heterocycles. The van der Waals surface area contributed by atoms with Gasteiger partial charge in [0.05, 0.1) is 22.5 Å². The number of halogens is 1. The van der Waals surface area contributed by atoms with Gasteiger partial charge in [0, 0.05) is 36.1 Å². The van der Waals surface area contributed by atoms with Crippen molar-refractivity contribution >= 4 is 50.3 Å². The number of rotatable bonds is 5. The van der Waals surface area contributed by atoms with E-state index >= 15 is 0 Å². The van der Waals surface area contributed by atoms with Gasteiger partial charge in [-0.15, -0.1) is 11.3 Å². The third-order valence-corrected chi connectivity index (χ3v) is 11.1. The number of pyridine rings is 1. The Morgan fingerprint density at radius 1 is 0.977 bits per heavy atom. The van der Waals surface area contributed by atoms with Crippen molar-refractivity contribution < 1.29 is 9.18 Å². The van der Waals surface area contributed by atoms with Gasteiger partial charge < -0.3 is 5.32 Å². The van der Waals surface area contributed by atoms with Gasteiger partial charge in [-0.05, 0) is 76.9 Å². The molecule has 1 amide bonds. The van der Waals surface area contributed by atoms with Gasteiger partial charge >= 0.3 is 11.4 Å². The Labute approximate surface area is 259 Å². The number of aryl methyl sites for hydroxylation is 1. The minimum Gasteiger partial charge on any atom is -0.349 e. The molecular weight excluding hydrogens is 607 g/mol. The van der Waals surface area contributed by atoms with Crippen molar-refractivity contribution in [2.24, 2.45) is 7.05 Å². The number of thiophene rings is 1. The Morgan fingerprint density at radius 2 is 1.64 bits per heavy atom. The lowest BCUT2D eigenvalue weighted by Gasteiger charge is -2.31. The molecule has 1 saturated heterocycles. The van der Waals surface area contributed by atoms with Gasteiger partial charge in [0.25, 0.3) is 17.0 Å². The fourth-order valence-electron chi connectivity index (χ4n) is 6.67. The molecule has 0 bridgehead atoms. The van der Waals surface area contributed by atoms with Crippen molar-refractivity contribution in [3.8, 4) is 0 Å². The Kier molecular flexibility index (Phi) is 8.16. The predicted octanol–water partition coefficient (Wildman–Crippen LogP) is 3.64. The zero-order valence-corrected chi connectivity index (χ0v) is 26.7. The van der Waals surface area contributed by atoms with Gasteiger partial charge in [-0.2, -0.15) is 11.8 Å². The molecule has 0 radical (unpaired) electrons. The molecule has 4 aromatic heterocycles. The highest BCUT2D eigenvalue weighted by Crippen LogP contribution is 2.32. The topological polar surface area (TPSA) is 130 Å². The van der Waals surface area contributed by atoms with E-state index in [2.05, 4.69) is 10.3 Å². The highest BCUT2D eigenvalue weighted by atomic mass is 32.2. The van der Waals surface area contributed by atoms with Crippen LogP contribution in [0.25, 0.3) is 21.3 Å². The van der Waals surface area contributed by atoms with Gasteiger partial charge in [0.1, 0.15) is 16.3 Å². The van der Waals surface area contributed by atoms with Crippen molar-refractivity contribution in [1.29, 1.82) is 0 Å². The number of carbonyl (C=O) groups excluding carboxylic acids is 1. The molecule has 6 rings (SSSR count). The summed E-state index contributed by atoms with van der Waals surface area (Å²) in [6.45, 7) is 5.48. The predicted molar refractivity (Wildman–Crippen MR) is 171 cm³/mol. The summed E-state index contributed by atoms with van der Waals surface area (Å²) >= 11 is 3.08. The Hall–Kier alpha value is -3.52. The lowest BCUT2D eigenvalue weighted by atomic mass is 9.90. The molecular formula is C30H35FN6O5S2. The fraction of sp³-hybridized carbons (Fsp3) is 0.533. The molecule has 4 aromatic rings. The molecule has 1 N–H and O–H groups in total. The second kappa shape index (κ2) is 11.8. The van der Waals surface area contributed by atoms with Crippen molar-refractivity contribution in [3.05, 3.63) is 70.2 Å². The van der Waals surface area contributed by atoms with Crippen LogP contribution in [-0.2, 0) is 7.05 Å². The van der Waals surface area contributed by atoms with E-state index in [9.17, 15) is 28.4 Å². The molecule has 2 aliphatic rings. The maximum absolute atomic E-state index is 14.2. The van der Waals surface area contributed by atoms with Crippen molar-refractivity contribution in [1.82, 2.24) is 28.6 Å². The van der Waals surface area contributed by atoms with Crippen LogP contribution in [0.5, 0.6) is 0 Å². The van der Waals surface area contributed by atoms with Crippen LogP contribution in [-0.4, -0.2) is 46.7 Å². The lowest BCUT2D eigenvalue weighted by molar-refractivity contribution is 0.0923. The van der Waals surface area contributed by atoms with Crippen LogP contribution in [0.3, 0.4) is 0 Å². The van der Waals surface area contributed by atoms with E-state index in [1.165, 1.54) is 27.5 Å². The van der Waals surface area contributed by atoms with Gasteiger partial charge in [-0.25, -0.2) is 19.0 Å². The lowest BCUT2D eigenvalue weighted by Crippen LogP contribution is -2.46. The smallest absolute Gasteiger partial charge is 0.333 e. The van der Waals surface area contributed by atoms with E-state index in [0.29, 0.717) is 35.4 Å². The quantitative estimate of drug-likeness (QED) is 0.352. The minimum atomic E-state index is -0.631. The van der Waals surface area contributed by atoms with Gasteiger partial charge in [-0.3, -0.25) is 32.7 Å². The van der Waals surface area contributed by atoms with E-state index in [4.69, 9.17) is 0 Å². The van der Waals surface area contributed by atoms with Crippen molar-refractivity contribution in [3.63, 3.8) is 0 Å². The van der Waals surface area contributed by atoms with Crippen LogP contribution in [0.1, 0.15) is 85.7 Å². The number of hydrogen-bond acceptors (Lipinski definition) is 8. The molecule has 2 fully saturated rings.